The predicted octanol–water partition coefficient (Wildman–Crippen LogP) is 4.62. The number of rotatable bonds is 2. The van der Waals surface area contributed by atoms with Gasteiger partial charge in [0.25, 0.3) is 0 Å². The Balaban J connectivity index is 1.89. The Morgan fingerprint density at radius 1 is 1.16 bits per heavy atom. The minimum Gasteiger partial charge on any atom is -0.381 e. The zero-order valence-electron chi connectivity index (χ0n) is 10.7. The summed E-state index contributed by atoms with van der Waals surface area (Å²) in [5.41, 5.74) is 7.75. The normalized spacial score (nSPS) is 16.7. The second-order valence-corrected chi connectivity index (χ2v) is 5.59. The molecular formula is C15H17ClN2O. The third-order valence-electron chi connectivity index (χ3n) is 3.86. The van der Waals surface area contributed by atoms with Gasteiger partial charge in [0.2, 0.25) is 0 Å². The molecule has 1 fully saturated rings. The molecule has 3 nitrogen and oxygen atoms in total. The first-order chi connectivity index (χ1) is 9.24. The van der Waals surface area contributed by atoms with E-state index in [2.05, 4.69) is 11.2 Å². The largest absolute Gasteiger partial charge is 0.381 e. The van der Waals surface area contributed by atoms with Gasteiger partial charge < -0.3 is 10.3 Å². The van der Waals surface area contributed by atoms with Crippen molar-refractivity contribution >= 4 is 17.4 Å². The lowest BCUT2D eigenvalue weighted by Gasteiger charge is -2.23. The standard InChI is InChI=1S/C15H17ClN2O/c16-13-8-11(14-9-15(17)18-19-14)6-7-12(13)10-4-2-1-3-5-10/h6-10H,1-5H2,(H2,17,18). The van der Waals surface area contributed by atoms with Crippen LogP contribution in [0.15, 0.2) is 28.8 Å². The van der Waals surface area contributed by atoms with E-state index in [0.29, 0.717) is 17.5 Å². The van der Waals surface area contributed by atoms with Crippen LogP contribution in [0.4, 0.5) is 5.82 Å². The Kier molecular flexibility index (Phi) is 3.47. The number of halogens is 1. The van der Waals surface area contributed by atoms with E-state index in [1.807, 2.05) is 12.1 Å². The molecule has 0 atom stereocenters. The third-order valence-corrected chi connectivity index (χ3v) is 4.19. The fourth-order valence-corrected chi connectivity index (χ4v) is 3.18. The number of hydrogen-bond acceptors (Lipinski definition) is 3. The van der Waals surface area contributed by atoms with Crippen LogP contribution in [0.3, 0.4) is 0 Å². The van der Waals surface area contributed by atoms with Crippen LogP contribution in [-0.2, 0) is 0 Å². The Bertz CT molecular complexity index is 573. The Morgan fingerprint density at radius 2 is 1.95 bits per heavy atom. The van der Waals surface area contributed by atoms with Crippen molar-refractivity contribution < 1.29 is 4.52 Å². The summed E-state index contributed by atoms with van der Waals surface area (Å²) in [6, 6.07) is 7.82. The molecule has 0 amide bonds. The van der Waals surface area contributed by atoms with Gasteiger partial charge in [-0.2, -0.15) is 0 Å². The van der Waals surface area contributed by atoms with Crippen LogP contribution in [0.2, 0.25) is 5.02 Å². The van der Waals surface area contributed by atoms with Gasteiger partial charge in [0.1, 0.15) is 0 Å². The maximum atomic E-state index is 6.43. The smallest absolute Gasteiger partial charge is 0.169 e. The molecule has 1 aromatic heterocycles. The van der Waals surface area contributed by atoms with Crippen LogP contribution in [0.1, 0.15) is 43.6 Å². The molecule has 4 heteroatoms. The van der Waals surface area contributed by atoms with E-state index in [9.17, 15) is 0 Å². The van der Waals surface area contributed by atoms with E-state index in [0.717, 1.165) is 10.6 Å². The maximum Gasteiger partial charge on any atom is 0.169 e. The van der Waals surface area contributed by atoms with Crippen LogP contribution in [0.5, 0.6) is 0 Å². The summed E-state index contributed by atoms with van der Waals surface area (Å²) in [7, 11) is 0. The molecule has 1 heterocycles. The average Bonchev–Trinajstić information content (AvgIpc) is 2.86. The zero-order chi connectivity index (χ0) is 13.2. The summed E-state index contributed by atoms with van der Waals surface area (Å²) in [6.07, 6.45) is 6.45. The molecule has 1 aliphatic carbocycles. The van der Waals surface area contributed by atoms with Gasteiger partial charge in [-0.3, -0.25) is 0 Å². The van der Waals surface area contributed by atoms with Gasteiger partial charge >= 0.3 is 0 Å². The molecule has 0 bridgehead atoms. The molecule has 0 unspecified atom stereocenters. The SMILES string of the molecule is Nc1cc(-c2ccc(C3CCCCC3)c(Cl)c2)on1. The average molecular weight is 277 g/mol. The fourth-order valence-electron chi connectivity index (χ4n) is 2.85. The molecule has 100 valence electrons. The molecule has 0 spiro atoms. The van der Waals surface area contributed by atoms with Crippen molar-refractivity contribution in [2.45, 2.75) is 38.0 Å². The second-order valence-electron chi connectivity index (χ2n) is 5.19. The van der Waals surface area contributed by atoms with Crippen LogP contribution in [-0.4, -0.2) is 5.16 Å². The van der Waals surface area contributed by atoms with Crippen molar-refractivity contribution in [1.82, 2.24) is 5.16 Å². The number of nitrogen functional groups attached to an aromatic ring is 1. The summed E-state index contributed by atoms with van der Waals surface area (Å²) >= 11 is 6.43. The third kappa shape index (κ3) is 2.61. The number of nitrogens with zero attached hydrogens (tertiary/aromatic N) is 1. The molecule has 2 N–H and O–H groups in total. The number of hydrogen-bond donors (Lipinski definition) is 1. The highest BCUT2D eigenvalue weighted by molar-refractivity contribution is 6.31. The van der Waals surface area contributed by atoms with Gasteiger partial charge in [0, 0.05) is 16.7 Å². The summed E-state index contributed by atoms with van der Waals surface area (Å²) in [4.78, 5) is 0. The lowest BCUT2D eigenvalue weighted by Crippen LogP contribution is -2.05. The molecule has 0 aliphatic heterocycles. The number of benzene rings is 1. The first-order valence-corrected chi connectivity index (χ1v) is 7.14. The van der Waals surface area contributed by atoms with Crippen molar-refractivity contribution in [3.05, 3.63) is 34.9 Å². The first-order valence-electron chi connectivity index (χ1n) is 6.76. The van der Waals surface area contributed by atoms with Gasteiger partial charge in [-0.25, -0.2) is 0 Å². The minimum absolute atomic E-state index is 0.391. The van der Waals surface area contributed by atoms with E-state index < -0.39 is 0 Å². The number of aromatic nitrogens is 1. The molecule has 1 aromatic carbocycles. The summed E-state index contributed by atoms with van der Waals surface area (Å²) in [5, 5.41) is 4.51. The molecule has 19 heavy (non-hydrogen) atoms. The monoisotopic (exact) mass is 276 g/mol. The molecule has 2 aromatic rings. The Labute approximate surface area is 117 Å². The number of nitrogens with two attached hydrogens (primary N) is 1. The van der Waals surface area contributed by atoms with Gasteiger partial charge in [-0.1, -0.05) is 48.2 Å². The Morgan fingerprint density at radius 3 is 2.58 bits per heavy atom. The number of anilines is 1. The summed E-state index contributed by atoms with van der Waals surface area (Å²) in [5.74, 6) is 1.66. The van der Waals surface area contributed by atoms with Crippen LogP contribution in [0.25, 0.3) is 11.3 Å². The van der Waals surface area contributed by atoms with E-state index >= 15 is 0 Å². The topological polar surface area (TPSA) is 52.0 Å². The highest BCUT2D eigenvalue weighted by atomic mass is 35.5. The molecular weight excluding hydrogens is 260 g/mol. The molecule has 0 radical (unpaired) electrons. The van der Waals surface area contributed by atoms with Crippen molar-refractivity contribution in [2.24, 2.45) is 0 Å². The van der Waals surface area contributed by atoms with Crippen LogP contribution < -0.4 is 5.73 Å². The summed E-state index contributed by atoms with van der Waals surface area (Å²) < 4.78 is 5.16. The van der Waals surface area contributed by atoms with Gasteiger partial charge in [0.15, 0.2) is 11.6 Å². The van der Waals surface area contributed by atoms with Crippen LogP contribution >= 0.6 is 11.6 Å². The quantitative estimate of drug-likeness (QED) is 0.870. The highest BCUT2D eigenvalue weighted by Gasteiger charge is 2.18. The van der Waals surface area contributed by atoms with E-state index in [1.54, 1.807) is 6.07 Å². The minimum atomic E-state index is 0.391. The molecule has 1 aliphatic rings. The van der Waals surface area contributed by atoms with Gasteiger partial charge in [-0.05, 0) is 30.4 Å². The molecule has 3 rings (SSSR count). The summed E-state index contributed by atoms with van der Waals surface area (Å²) in [6.45, 7) is 0. The van der Waals surface area contributed by atoms with E-state index in [-0.39, 0.29) is 0 Å². The van der Waals surface area contributed by atoms with Crippen molar-refractivity contribution in [3.8, 4) is 11.3 Å². The van der Waals surface area contributed by atoms with Crippen molar-refractivity contribution in [1.29, 1.82) is 0 Å². The van der Waals surface area contributed by atoms with Crippen molar-refractivity contribution in [3.63, 3.8) is 0 Å². The lowest BCUT2D eigenvalue weighted by molar-refractivity contribution is 0.435. The maximum absolute atomic E-state index is 6.43. The van der Waals surface area contributed by atoms with E-state index in [4.69, 9.17) is 21.9 Å². The highest BCUT2D eigenvalue weighted by Crippen LogP contribution is 2.37. The van der Waals surface area contributed by atoms with Crippen LogP contribution in [0, 0.1) is 0 Å². The lowest BCUT2D eigenvalue weighted by atomic mass is 9.84. The predicted molar refractivity (Wildman–Crippen MR) is 77.2 cm³/mol. The molecule has 1 saturated carbocycles. The second kappa shape index (κ2) is 5.25. The zero-order valence-corrected chi connectivity index (χ0v) is 11.5. The fraction of sp³-hybridized carbons (Fsp3) is 0.400. The van der Waals surface area contributed by atoms with Crippen molar-refractivity contribution in [2.75, 3.05) is 5.73 Å². The van der Waals surface area contributed by atoms with Gasteiger partial charge in [-0.15, -0.1) is 0 Å². The first kappa shape index (κ1) is 12.5. The Hall–Kier alpha value is -1.48. The van der Waals surface area contributed by atoms with E-state index in [1.165, 1.54) is 37.7 Å². The van der Waals surface area contributed by atoms with Gasteiger partial charge in [0.05, 0.1) is 0 Å². The molecule has 0 saturated heterocycles.